The molecule has 1 saturated heterocycles. The Bertz CT molecular complexity index is 658. The lowest BCUT2D eigenvalue weighted by molar-refractivity contribution is -0.145. The maximum atomic E-state index is 12.9. The number of carbonyl (C=O) groups is 1. The van der Waals surface area contributed by atoms with Crippen molar-refractivity contribution in [2.75, 3.05) is 11.9 Å². The highest BCUT2D eigenvalue weighted by molar-refractivity contribution is 5.69. The minimum absolute atomic E-state index is 0.104. The van der Waals surface area contributed by atoms with Gasteiger partial charge in [-0.3, -0.25) is 0 Å². The van der Waals surface area contributed by atoms with Crippen LogP contribution in [0, 0.1) is 6.92 Å². The van der Waals surface area contributed by atoms with Crippen LogP contribution >= 0.6 is 0 Å². The molecule has 1 aliphatic rings. The van der Waals surface area contributed by atoms with E-state index in [-0.39, 0.29) is 23.6 Å². The van der Waals surface area contributed by atoms with Crippen molar-refractivity contribution < 1.29 is 22.7 Å². The number of nitrogens with zero attached hydrogens (tertiary/aromatic N) is 3. The van der Waals surface area contributed by atoms with Gasteiger partial charge in [0, 0.05) is 24.3 Å². The molecule has 9 heteroatoms. The van der Waals surface area contributed by atoms with Crippen LogP contribution in [0.15, 0.2) is 6.07 Å². The number of halogens is 3. The fourth-order valence-electron chi connectivity index (χ4n) is 2.87. The first-order valence-electron chi connectivity index (χ1n) is 8.56. The van der Waals surface area contributed by atoms with Gasteiger partial charge in [-0.2, -0.15) is 13.2 Å². The van der Waals surface area contributed by atoms with Crippen LogP contribution in [0.25, 0.3) is 0 Å². The lowest BCUT2D eigenvalue weighted by atomic mass is 9.98. The Kier molecular flexibility index (Phi) is 5.67. The zero-order valence-electron chi connectivity index (χ0n) is 15.6. The summed E-state index contributed by atoms with van der Waals surface area (Å²) < 4.78 is 44.1. The summed E-state index contributed by atoms with van der Waals surface area (Å²) in [4.78, 5) is 21.0. The Morgan fingerprint density at radius 2 is 1.96 bits per heavy atom. The van der Waals surface area contributed by atoms with E-state index in [0.29, 0.717) is 13.0 Å². The average molecular weight is 374 g/mol. The van der Waals surface area contributed by atoms with Crippen molar-refractivity contribution in [3.05, 3.63) is 17.6 Å². The zero-order valence-corrected chi connectivity index (χ0v) is 15.6. The maximum absolute atomic E-state index is 12.9. The Morgan fingerprint density at radius 3 is 2.54 bits per heavy atom. The molecule has 0 saturated carbocycles. The number of nitrogens with one attached hydrogen (secondary N) is 1. The van der Waals surface area contributed by atoms with Gasteiger partial charge in [-0.1, -0.05) is 0 Å². The number of aromatic nitrogens is 2. The molecule has 2 rings (SSSR count). The molecule has 2 heterocycles. The van der Waals surface area contributed by atoms with Gasteiger partial charge in [0.1, 0.15) is 11.4 Å². The van der Waals surface area contributed by atoms with Crippen LogP contribution in [0.1, 0.15) is 52.1 Å². The second-order valence-corrected chi connectivity index (χ2v) is 7.52. The summed E-state index contributed by atoms with van der Waals surface area (Å²) in [5, 5.41) is 3.03. The second-order valence-electron chi connectivity index (χ2n) is 7.52. The minimum atomic E-state index is -4.61. The van der Waals surface area contributed by atoms with E-state index in [4.69, 9.17) is 4.74 Å². The Morgan fingerprint density at radius 1 is 1.31 bits per heavy atom. The molecule has 1 aromatic rings. The van der Waals surface area contributed by atoms with Gasteiger partial charge in [-0.05, 0) is 47.5 Å². The van der Waals surface area contributed by atoms with Crippen molar-refractivity contribution in [3.63, 3.8) is 0 Å². The standard InChI is InChI=1S/C17H25F3N4O2/c1-10-9-13(23-14(21-10)17(18,19)20)22-12-7-6-8-24(11(12)2)15(25)26-16(3,4)5/h9,11-12H,6-8H2,1-5H3,(H,21,22,23). The number of aryl methyl sites for hydroxylation is 1. The van der Waals surface area contributed by atoms with Gasteiger partial charge in [-0.25, -0.2) is 14.8 Å². The molecule has 0 spiro atoms. The van der Waals surface area contributed by atoms with E-state index in [1.54, 1.807) is 25.7 Å². The first-order valence-corrected chi connectivity index (χ1v) is 8.56. The quantitative estimate of drug-likeness (QED) is 0.847. The molecule has 1 amide bonds. The van der Waals surface area contributed by atoms with E-state index in [1.165, 1.54) is 13.0 Å². The number of piperidine rings is 1. The molecular formula is C17H25F3N4O2. The first-order chi connectivity index (χ1) is 11.9. The average Bonchev–Trinajstić information content (AvgIpc) is 2.46. The normalized spacial score (nSPS) is 21.5. The fraction of sp³-hybridized carbons (Fsp3) is 0.706. The van der Waals surface area contributed by atoms with E-state index in [0.717, 1.165) is 6.42 Å². The summed E-state index contributed by atoms with van der Waals surface area (Å²) >= 11 is 0. The molecule has 0 radical (unpaired) electrons. The van der Waals surface area contributed by atoms with Crippen molar-refractivity contribution in [3.8, 4) is 0 Å². The third-order valence-corrected chi connectivity index (χ3v) is 4.06. The van der Waals surface area contributed by atoms with E-state index >= 15 is 0 Å². The summed E-state index contributed by atoms with van der Waals surface area (Å²) in [5.74, 6) is -1.07. The zero-order chi connectivity index (χ0) is 19.7. The third-order valence-electron chi connectivity index (χ3n) is 4.06. The summed E-state index contributed by atoms with van der Waals surface area (Å²) in [5.41, 5.74) is -0.384. The number of likely N-dealkylation sites (tertiary alicyclic amines) is 1. The molecule has 1 fully saturated rings. The number of anilines is 1. The number of ether oxygens (including phenoxy) is 1. The van der Waals surface area contributed by atoms with Crippen LogP contribution in [-0.2, 0) is 10.9 Å². The number of carbonyl (C=O) groups excluding carboxylic acids is 1. The maximum Gasteiger partial charge on any atom is 0.451 e. The highest BCUT2D eigenvalue weighted by atomic mass is 19.4. The predicted molar refractivity (Wildman–Crippen MR) is 90.8 cm³/mol. The van der Waals surface area contributed by atoms with Crippen molar-refractivity contribution >= 4 is 11.9 Å². The van der Waals surface area contributed by atoms with Gasteiger partial charge in [0.25, 0.3) is 0 Å². The molecule has 26 heavy (non-hydrogen) atoms. The highest BCUT2D eigenvalue weighted by Crippen LogP contribution is 2.28. The molecule has 6 nitrogen and oxygen atoms in total. The lowest BCUT2D eigenvalue weighted by Crippen LogP contribution is -2.53. The van der Waals surface area contributed by atoms with Gasteiger partial charge in [0.05, 0.1) is 6.04 Å². The highest BCUT2D eigenvalue weighted by Gasteiger charge is 2.37. The van der Waals surface area contributed by atoms with Gasteiger partial charge in [-0.15, -0.1) is 0 Å². The monoisotopic (exact) mass is 374 g/mol. The number of alkyl halides is 3. The number of rotatable bonds is 2. The fourth-order valence-corrected chi connectivity index (χ4v) is 2.87. The molecule has 2 atom stereocenters. The summed E-state index contributed by atoms with van der Waals surface area (Å²) in [6, 6.07) is 0.990. The van der Waals surface area contributed by atoms with Gasteiger partial charge < -0.3 is 15.0 Å². The predicted octanol–water partition coefficient (Wildman–Crippen LogP) is 4.00. The Balaban J connectivity index is 2.14. The summed E-state index contributed by atoms with van der Waals surface area (Å²) in [7, 11) is 0. The van der Waals surface area contributed by atoms with Crippen LogP contribution in [0.4, 0.5) is 23.8 Å². The van der Waals surface area contributed by atoms with Crippen molar-refractivity contribution in [2.45, 2.75) is 71.3 Å². The van der Waals surface area contributed by atoms with E-state index < -0.39 is 23.7 Å². The molecule has 1 aliphatic heterocycles. The second kappa shape index (κ2) is 7.28. The van der Waals surface area contributed by atoms with Crippen LogP contribution < -0.4 is 5.32 Å². The summed E-state index contributed by atoms with van der Waals surface area (Å²) in [6.07, 6.45) is -3.60. The minimum Gasteiger partial charge on any atom is -0.444 e. The molecule has 1 aromatic heterocycles. The number of hydrogen-bond donors (Lipinski definition) is 1. The number of amides is 1. The Hall–Kier alpha value is -2.06. The molecule has 146 valence electrons. The van der Waals surface area contributed by atoms with E-state index in [2.05, 4.69) is 15.3 Å². The van der Waals surface area contributed by atoms with Crippen LogP contribution in [0.3, 0.4) is 0 Å². The smallest absolute Gasteiger partial charge is 0.444 e. The molecule has 0 aromatic carbocycles. The molecule has 1 N–H and O–H groups in total. The lowest BCUT2D eigenvalue weighted by Gasteiger charge is -2.40. The van der Waals surface area contributed by atoms with E-state index in [9.17, 15) is 18.0 Å². The molecule has 0 bridgehead atoms. The van der Waals surface area contributed by atoms with E-state index in [1.807, 2.05) is 6.92 Å². The first kappa shape index (κ1) is 20.3. The SMILES string of the molecule is Cc1cc(NC2CCCN(C(=O)OC(C)(C)C)C2C)nc(C(F)(F)F)n1. The molecule has 0 aliphatic carbocycles. The van der Waals surface area contributed by atoms with Gasteiger partial charge in [0.15, 0.2) is 0 Å². The van der Waals surface area contributed by atoms with Crippen molar-refractivity contribution in [1.29, 1.82) is 0 Å². The molecule has 2 unspecified atom stereocenters. The topological polar surface area (TPSA) is 67.4 Å². The summed E-state index contributed by atoms with van der Waals surface area (Å²) in [6.45, 7) is 9.25. The van der Waals surface area contributed by atoms with Gasteiger partial charge in [0.2, 0.25) is 5.82 Å². The van der Waals surface area contributed by atoms with Crippen molar-refractivity contribution in [2.24, 2.45) is 0 Å². The largest absolute Gasteiger partial charge is 0.451 e. The van der Waals surface area contributed by atoms with Crippen LogP contribution in [-0.4, -0.2) is 45.2 Å². The van der Waals surface area contributed by atoms with Crippen LogP contribution in [0.2, 0.25) is 0 Å². The van der Waals surface area contributed by atoms with Crippen molar-refractivity contribution in [1.82, 2.24) is 14.9 Å². The van der Waals surface area contributed by atoms with Gasteiger partial charge >= 0.3 is 12.3 Å². The Labute approximate surface area is 151 Å². The molecular weight excluding hydrogens is 349 g/mol. The number of hydrogen-bond acceptors (Lipinski definition) is 5. The third kappa shape index (κ3) is 5.22. The van der Waals surface area contributed by atoms with Crippen LogP contribution in [0.5, 0.6) is 0 Å².